The minimum absolute atomic E-state index is 0.0711. The summed E-state index contributed by atoms with van der Waals surface area (Å²) in [5.41, 5.74) is 7.03. The Bertz CT molecular complexity index is 840. The lowest BCUT2D eigenvalue weighted by atomic mass is 9.68. The van der Waals surface area contributed by atoms with Crippen molar-refractivity contribution in [3.8, 4) is 12.1 Å². The van der Waals surface area contributed by atoms with Crippen molar-refractivity contribution in [2.75, 3.05) is 6.54 Å². The molecule has 10 atom stereocenters. The standard InChI is InChI=1S/C35H59N5/c36-22-25-8-4-13-29(18-25)31-15-6-10-27(20-31)24-39-35(28-11-2-1-3-12-28)40-34(38)33-17-7-16-32(21-33)30-14-5-9-26(19-30)23-37/h25-35,39-40H,1-21,24,38H2. The van der Waals surface area contributed by atoms with E-state index in [1.807, 2.05) is 0 Å². The van der Waals surface area contributed by atoms with Gasteiger partial charge in [-0.1, -0.05) is 70.6 Å². The van der Waals surface area contributed by atoms with Crippen LogP contribution in [-0.4, -0.2) is 18.9 Å². The number of hydrogen-bond donors (Lipinski definition) is 3. The Morgan fingerprint density at radius 2 is 1.10 bits per heavy atom. The summed E-state index contributed by atoms with van der Waals surface area (Å²) in [6.45, 7) is 1.12. The maximum Gasteiger partial charge on any atom is 0.0655 e. The van der Waals surface area contributed by atoms with Gasteiger partial charge in [-0.25, -0.2) is 0 Å². The van der Waals surface area contributed by atoms with Gasteiger partial charge in [-0.3, -0.25) is 5.32 Å². The summed E-state index contributed by atoms with van der Waals surface area (Å²) in [7, 11) is 0. The third kappa shape index (κ3) is 8.24. The highest BCUT2D eigenvalue weighted by molar-refractivity contribution is 4.94. The van der Waals surface area contributed by atoms with Gasteiger partial charge >= 0.3 is 0 Å². The summed E-state index contributed by atoms with van der Waals surface area (Å²) in [6.07, 6.45) is 27.5. The second kappa shape index (κ2) is 15.4. The second-order valence-electron chi connectivity index (χ2n) is 15.0. The quantitative estimate of drug-likeness (QED) is 0.257. The number of nitrogens with zero attached hydrogens (tertiary/aromatic N) is 2. The van der Waals surface area contributed by atoms with Crippen LogP contribution in [0, 0.1) is 75.9 Å². The van der Waals surface area contributed by atoms with Crippen molar-refractivity contribution in [2.45, 2.75) is 147 Å². The Kier molecular flexibility index (Phi) is 11.6. The van der Waals surface area contributed by atoms with E-state index in [0.717, 1.165) is 61.8 Å². The van der Waals surface area contributed by atoms with Gasteiger partial charge in [0.1, 0.15) is 0 Å². The molecule has 0 bridgehead atoms. The van der Waals surface area contributed by atoms with Crippen LogP contribution >= 0.6 is 0 Å². The SMILES string of the molecule is N#CC1CCCC(C2CCCC(CNC(NC(N)C3CCCC(C4CCCC(C#N)C4)C3)C3CCCCC3)C2)C1. The monoisotopic (exact) mass is 549 g/mol. The van der Waals surface area contributed by atoms with Crippen LogP contribution in [0.3, 0.4) is 0 Å². The number of nitrogens with two attached hydrogens (primary N) is 1. The third-order valence-corrected chi connectivity index (χ3v) is 12.3. The van der Waals surface area contributed by atoms with E-state index in [0.29, 0.717) is 23.9 Å². The van der Waals surface area contributed by atoms with E-state index in [1.54, 1.807) is 0 Å². The Balaban J connectivity index is 1.15. The zero-order valence-electron chi connectivity index (χ0n) is 25.4. The Morgan fingerprint density at radius 1 is 0.575 bits per heavy atom. The van der Waals surface area contributed by atoms with Gasteiger partial charge in [-0.15, -0.1) is 0 Å². The zero-order valence-corrected chi connectivity index (χ0v) is 25.4. The van der Waals surface area contributed by atoms with Gasteiger partial charge in [0.25, 0.3) is 0 Å². The molecular weight excluding hydrogens is 490 g/mol. The summed E-state index contributed by atoms with van der Waals surface area (Å²) >= 11 is 0. The minimum atomic E-state index is 0.0711. The van der Waals surface area contributed by atoms with E-state index < -0.39 is 0 Å². The molecule has 0 saturated heterocycles. The van der Waals surface area contributed by atoms with Gasteiger partial charge in [-0.2, -0.15) is 10.5 Å². The maximum atomic E-state index is 9.52. The number of hydrogen-bond acceptors (Lipinski definition) is 5. The molecule has 40 heavy (non-hydrogen) atoms. The zero-order chi connectivity index (χ0) is 27.7. The first-order chi connectivity index (χ1) is 19.6. The normalized spacial score (nSPS) is 39.5. The highest BCUT2D eigenvalue weighted by Gasteiger charge is 2.36. The van der Waals surface area contributed by atoms with Crippen LogP contribution in [0.1, 0.15) is 135 Å². The molecule has 4 N–H and O–H groups in total. The lowest BCUT2D eigenvalue weighted by Crippen LogP contribution is -2.58. The van der Waals surface area contributed by atoms with Gasteiger partial charge in [0.2, 0.25) is 0 Å². The first-order valence-corrected chi connectivity index (χ1v) is 17.7. The molecule has 5 aliphatic rings. The predicted octanol–water partition coefficient (Wildman–Crippen LogP) is 7.63. The molecule has 0 spiro atoms. The molecule has 0 radical (unpaired) electrons. The van der Waals surface area contributed by atoms with E-state index >= 15 is 0 Å². The van der Waals surface area contributed by atoms with Crippen LogP contribution in [0.2, 0.25) is 0 Å². The summed E-state index contributed by atoms with van der Waals surface area (Å²) < 4.78 is 0. The van der Waals surface area contributed by atoms with Gasteiger partial charge in [0.15, 0.2) is 0 Å². The van der Waals surface area contributed by atoms with Crippen molar-refractivity contribution in [1.29, 1.82) is 10.5 Å². The summed E-state index contributed by atoms with van der Waals surface area (Å²) in [6, 6.07) is 5.16. The lowest BCUT2D eigenvalue weighted by molar-refractivity contribution is 0.110. The van der Waals surface area contributed by atoms with Crippen LogP contribution in [-0.2, 0) is 0 Å². The van der Waals surface area contributed by atoms with Crippen molar-refractivity contribution in [3.05, 3.63) is 0 Å². The molecule has 5 nitrogen and oxygen atoms in total. The van der Waals surface area contributed by atoms with E-state index in [9.17, 15) is 10.5 Å². The van der Waals surface area contributed by atoms with Gasteiger partial charge < -0.3 is 11.1 Å². The average molecular weight is 550 g/mol. The van der Waals surface area contributed by atoms with Crippen LogP contribution < -0.4 is 16.4 Å². The first kappa shape index (κ1) is 30.3. The molecule has 10 unspecified atom stereocenters. The molecule has 0 amide bonds. The number of nitrogens with one attached hydrogen (secondary N) is 2. The fraction of sp³-hybridized carbons (Fsp3) is 0.943. The van der Waals surface area contributed by atoms with Crippen molar-refractivity contribution in [3.63, 3.8) is 0 Å². The molecule has 5 aliphatic carbocycles. The fourth-order valence-electron chi connectivity index (χ4n) is 9.98. The summed E-state index contributed by atoms with van der Waals surface area (Å²) in [5.74, 6) is 5.75. The molecule has 0 heterocycles. The number of rotatable bonds is 9. The summed E-state index contributed by atoms with van der Waals surface area (Å²) in [5, 5.41) is 27.1. The van der Waals surface area contributed by atoms with Crippen LogP contribution in [0.4, 0.5) is 0 Å². The summed E-state index contributed by atoms with van der Waals surface area (Å²) in [4.78, 5) is 0. The van der Waals surface area contributed by atoms with Gasteiger partial charge in [0, 0.05) is 11.8 Å². The van der Waals surface area contributed by atoms with Crippen LogP contribution in [0.15, 0.2) is 0 Å². The molecule has 0 aliphatic heterocycles. The van der Waals surface area contributed by atoms with Gasteiger partial charge in [-0.05, 0) is 112 Å². The lowest BCUT2D eigenvalue weighted by Gasteiger charge is -2.42. The molecule has 0 aromatic rings. The molecule has 5 heteroatoms. The molecule has 224 valence electrons. The molecule has 5 rings (SSSR count). The maximum absolute atomic E-state index is 9.52. The van der Waals surface area contributed by atoms with Crippen molar-refractivity contribution < 1.29 is 0 Å². The Morgan fingerprint density at radius 3 is 1.73 bits per heavy atom. The van der Waals surface area contributed by atoms with Crippen molar-refractivity contribution >= 4 is 0 Å². The van der Waals surface area contributed by atoms with Crippen molar-refractivity contribution in [1.82, 2.24) is 10.6 Å². The average Bonchev–Trinajstić information content (AvgIpc) is 3.03. The topological polar surface area (TPSA) is 97.7 Å². The molecule has 5 fully saturated rings. The molecule has 5 saturated carbocycles. The Labute approximate surface area is 245 Å². The van der Waals surface area contributed by atoms with Crippen LogP contribution in [0.5, 0.6) is 0 Å². The third-order valence-electron chi connectivity index (χ3n) is 12.3. The first-order valence-electron chi connectivity index (χ1n) is 17.7. The minimum Gasteiger partial charge on any atom is -0.316 e. The fourth-order valence-corrected chi connectivity index (χ4v) is 9.98. The Hall–Kier alpha value is -1.14. The van der Waals surface area contributed by atoms with Gasteiger partial charge in [0.05, 0.1) is 24.5 Å². The number of nitriles is 2. The highest BCUT2D eigenvalue weighted by Crippen LogP contribution is 2.43. The second-order valence-corrected chi connectivity index (χ2v) is 15.0. The molecule has 0 aromatic heterocycles. The van der Waals surface area contributed by atoms with Crippen molar-refractivity contribution in [2.24, 2.45) is 59.0 Å². The predicted molar refractivity (Wildman–Crippen MR) is 162 cm³/mol. The van der Waals surface area contributed by atoms with E-state index in [1.165, 1.54) is 109 Å². The van der Waals surface area contributed by atoms with E-state index in [2.05, 4.69) is 22.8 Å². The largest absolute Gasteiger partial charge is 0.316 e. The van der Waals surface area contributed by atoms with Crippen LogP contribution in [0.25, 0.3) is 0 Å². The molecule has 0 aromatic carbocycles. The molecular formula is C35H59N5. The highest BCUT2D eigenvalue weighted by atomic mass is 15.2. The smallest absolute Gasteiger partial charge is 0.0655 e. The van der Waals surface area contributed by atoms with E-state index in [4.69, 9.17) is 5.73 Å². The van der Waals surface area contributed by atoms with E-state index in [-0.39, 0.29) is 12.1 Å².